The van der Waals surface area contributed by atoms with Crippen LogP contribution in [0.5, 0.6) is 0 Å². The first-order valence-electron chi connectivity index (χ1n) is 24.3. The molecule has 23 heteroatoms. The predicted molar refractivity (Wildman–Crippen MR) is 311 cm³/mol. The Morgan fingerprint density at radius 1 is 0.583 bits per heavy atom. The maximum absolute atomic E-state index is 12.9. The highest BCUT2D eigenvalue weighted by Crippen LogP contribution is 2.23. The summed E-state index contributed by atoms with van der Waals surface area (Å²) in [4.78, 5) is 58.8. The highest BCUT2D eigenvalue weighted by molar-refractivity contribution is 6.46. The highest BCUT2D eigenvalue weighted by atomic mass is 19.1. The number of ether oxygens (including phenoxy) is 1. The summed E-state index contributed by atoms with van der Waals surface area (Å²) in [7, 11) is 1.50. The summed E-state index contributed by atoms with van der Waals surface area (Å²) in [6, 6.07) is 32.7. The molecule has 0 saturated carbocycles. The van der Waals surface area contributed by atoms with Crippen molar-refractivity contribution in [2.45, 2.75) is 69.7 Å². The van der Waals surface area contributed by atoms with Gasteiger partial charge in [-0.1, -0.05) is 78.2 Å². The lowest BCUT2D eigenvalue weighted by Gasteiger charge is -2.09. The lowest BCUT2D eigenvalue weighted by Crippen LogP contribution is -2.22. The second kappa shape index (κ2) is 34.7. The predicted octanol–water partition coefficient (Wildman–Crippen LogP) is 10.8. The minimum absolute atomic E-state index is 0. The van der Waals surface area contributed by atoms with Crippen LogP contribution in [0.3, 0.4) is 0 Å². The molecule has 444 valence electrons. The second-order valence-corrected chi connectivity index (χ2v) is 17.1. The fourth-order valence-corrected chi connectivity index (χ4v) is 7.25. The van der Waals surface area contributed by atoms with Crippen LogP contribution in [0.4, 0.5) is 17.6 Å². The number of ketones is 3. The normalized spacial score (nSPS) is 11.8. The van der Waals surface area contributed by atoms with Crippen LogP contribution in [0.15, 0.2) is 182 Å². The van der Waals surface area contributed by atoms with Gasteiger partial charge in [0.2, 0.25) is 0 Å². The van der Waals surface area contributed by atoms with E-state index in [1.165, 1.54) is 95.2 Å². The van der Waals surface area contributed by atoms with Crippen molar-refractivity contribution in [1.29, 1.82) is 0 Å². The molecule has 0 radical (unpaired) electrons. The summed E-state index contributed by atoms with van der Waals surface area (Å²) >= 11 is 0. The molecule has 0 bridgehead atoms. The molecular formula is C61H69F4N11O8. The van der Waals surface area contributed by atoms with Gasteiger partial charge in [0, 0.05) is 63.4 Å². The molecule has 9 aromatic rings. The van der Waals surface area contributed by atoms with Gasteiger partial charge >= 0.3 is 5.97 Å². The van der Waals surface area contributed by atoms with Crippen LogP contribution in [0.2, 0.25) is 0 Å². The van der Waals surface area contributed by atoms with Crippen LogP contribution < -0.4 is 0 Å². The number of aromatic amines is 1. The number of rotatable bonds is 14. The minimum Gasteiger partial charge on any atom is -0.506 e. The zero-order valence-electron chi connectivity index (χ0n) is 43.3. The SMILES string of the molecule is C.C.C.C.CC(=O)c1ccnn1Cc1ccc(F)cc1.CCOC(=O)C(=O)C=C(O)c1ccnn1Cc1ccc(F)cc1.CN1CC(=C(O)c2ccnn2Cc2ccc(F)cc2)C(=O)C1=O.Fc1ccc(Cn2cccn2)cc1.c1cn[nH]c1. The number of hydrogen-bond acceptors (Lipinski definition) is 13. The number of nitrogens with one attached hydrogen (secondary N) is 1. The molecule has 1 aliphatic heterocycles. The molecule has 0 spiro atoms. The first-order chi connectivity index (χ1) is 38.5. The molecule has 4 aromatic carbocycles. The van der Waals surface area contributed by atoms with E-state index < -0.39 is 29.2 Å². The number of hydrogen-bond donors (Lipinski definition) is 3. The summed E-state index contributed by atoms with van der Waals surface area (Å²) in [5, 5.41) is 42.9. The number of likely N-dealkylation sites (N-methyl/N-ethyl adjacent to an activating group) is 1. The molecule has 84 heavy (non-hydrogen) atoms. The van der Waals surface area contributed by atoms with E-state index in [-0.39, 0.29) is 95.5 Å². The van der Waals surface area contributed by atoms with Gasteiger partial charge in [-0.3, -0.25) is 43.0 Å². The number of amides is 1. The molecule has 5 aromatic heterocycles. The van der Waals surface area contributed by atoms with E-state index in [1.54, 1.807) is 102 Å². The first-order valence-corrected chi connectivity index (χ1v) is 24.3. The van der Waals surface area contributed by atoms with Crippen molar-refractivity contribution in [3.8, 4) is 0 Å². The van der Waals surface area contributed by atoms with Crippen molar-refractivity contribution in [2.24, 2.45) is 0 Å². The zero-order valence-corrected chi connectivity index (χ0v) is 43.3. The molecular weight excluding hydrogens is 1090 g/mol. The smallest absolute Gasteiger partial charge is 0.379 e. The van der Waals surface area contributed by atoms with Gasteiger partial charge in [0.05, 0.1) is 44.9 Å². The number of carbonyl (C=O) groups excluding carboxylic acids is 5. The number of likely N-dealkylation sites (tertiary alicyclic amines) is 1. The van der Waals surface area contributed by atoms with Gasteiger partial charge in [0.25, 0.3) is 17.5 Å². The van der Waals surface area contributed by atoms with Crippen LogP contribution in [-0.4, -0.2) is 114 Å². The molecule has 1 amide bonds. The van der Waals surface area contributed by atoms with Crippen molar-refractivity contribution in [3.05, 3.63) is 245 Å². The quantitative estimate of drug-likeness (QED) is 0.0230. The average Bonchev–Trinajstić information content (AvgIpc) is 4.53. The Morgan fingerprint density at radius 3 is 1.38 bits per heavy atom. The van der Waals surface area contributed by atoms with Crippen LogP contribution in [-0.2, 0) is 50.1 Å². The van der Waals surface area contributed by atoms with Gasteiger partial charge in [-0.15, -0.1) is 0 Å². The molecule has 6 heterocycles. The highest BCUT2D eigenvalue weighted by Gasteiger charge is 2.35. The Kier molecular flexibility index (Phi) is 28.9. The number of nitrogens with zero attached hydrogens (tertiary/aromatic N) is 10. The molecule has 0 atom stereocenters. The van der Waals surface area contributed by atoms with Crippen LogP contribution in [0.1, 0.15) is 87.7 Å². The number of aliphatic hydroxyl groups is 2. The van der Waals surface area contributed by atoms with Gasteiger partial charge in [0.1, 0.15) is 51.9 Å². The number of Topliss-reactive ketones (excluding diaryl/α,β-unsaturated/α-hetero) is 2. The minimum atomic E-state index is -1.04. The van der Waals surface area contributed by atoms with E-state index in [0.717, 1.165) is 28.3 Å². The van der Waals surface area contributed by atoms with Crippen molar-refractivity contribution in [3.63, 3.8) is 0 Å². The fraction of sp³-hybridized carbons (Fsp3) is 0.213. The van der Waals surface area contributed by atoms with Crippen LogP contribution in [0.25, 0.3) is 11.5 Å². The fourth-order valence-electron chi connectivity index (χ4n) is 7.25. The van der Waals surface area contributed by atoms with E-state index in [9.17, 15) is 51.7 Å². The largest absolute Gasteiger partial charge is 0.506 e. The van der Waals surface area contributed by atoms with E-state index in [4.69, 9.17) is 0 Å². The summed E-state index contributed by atoms with van der Waals surface area (Å²) in [6.45, 7) is 4.94. The van der Waals surface area contributed by atoms with E-state index in [2.05, 4.69) is 35.3 Å². The third kappa shape index (κ3) is 21.0. The number of benzene rings is 4. The molecule has 1 fully saturated rings. The van der Waals surface area contributed by atoms with Gasteiger partial charge in [-0.25, -0.2) is 22.4 Å². The van der Waals surface area contributed by atoms with E-state index in [1.807, 2.05) is 18.3 Å². The molecule has 10 rings (SSSR count). The van der Waals surface area contributed by atoms with Crippen LogP contribution in [0, 0.1) is 23.3 Å². The molecule has 0 unspecified atom stereocenters. The Morgan fingerprint density at radius 2 is 1.01 bits per heavy atom. The number of carbonyl (C=O) groups is 5. The van der Waals surface area contributed by atoms with Gasteiger partial charge in [0.15, 0.2) is 5.78 Å². The van der Waals surface area contributed by atoms with Gasteiger partial charge in [-0.2, -0.15) is 25.5 Å². The molecule has 3 N–H and O–H groups in total. The number of H-pyrrole nitrogens is 1. The van der Waals surface area contributed by atoms with Gasteiger partial charge in [-0.05, 0) is 108 Å². The van der Waals surface area contributed by atoms with E-state index in [0.29, 0.717) is 31.0 Å². The van der Waals surface area contributed by atoms with Crippen molar-refractivity contribution in [1.82, 2.24) is 54.2 Å². The lowest BCUT2D eigenvalue weighted by atomic mass is 10.1. The van der Waals surface area contributed by atoms with Crippen molar-refractivity contribution < 1.29 is 56.5 Å². The average molecular weight is 1160 g/mol. The Labute approximate surface area is 484 Å². The first kappa shape index (κ1) is 69.8. The Balaban J connectivity index is 0.000000372. The van der Waals surface area contributed by atoms with Crippen molar-refractivity contribution in [2.75, 3.05) is 20.2 Å². The summed E-state index contributed by atoms with van der Waals surface area (Å²) < 4.78 is 62.0. The maximum Gasteiger partial charge on any atom is 0.379 e. The third-order valence-corrected chi connectivity index (χ3v) is 11.2. The third-order valence-electron chi connectivity index (χ3n) is 11.2. The molecule has 1 saturated heterocycles. The van der Waals surface area contributed by atoms with Crippen molar-refractivity contribution >= 4 is 40.7 Å². The summed E-state index contributed by atoms with van der Waals surface area (Å²) in [5.41, 5.74) is 4.72. The zero-order chi connectivity index (χ0) is 57.6. The number of aliphatic hydroxyl groups excluding tert-OH is 2. The standard InChI is InChI=1S/C16H14FN3O3.C16H15FN2O4.C12H11FN2O.C10H9FN2.C3H4N2.4CH4/c1-19-9-12(15(22)16(19)23)14(21)13-6-7-18-20(13)8-10-2-4-11(17)5-3-10;1-2-23-16(22)15(21)9-14(20)13-7-8-18-19(13)10-11-3-5-12(17)6-4-11;1-9(16)12-6-7-14-15(12)8-10-2-4-11(13)5-3-10;11-10-4-2-9(3-5-10)8-13-7-1-6-12-13;1-2-4-5-3-1;;;;/h2-7,21H,8-9H2,1H3;3-9,20H,2,10H2,1H3;2-7H,8H2,1H3;1-7H,8H2;1-3H,(H,4,5);4*1H4. The number of aromatic nitrogens is 10. The molecule has 19 nitrogen and oxygen atoms in total. The summed E-state index contributed by atoms with van der Waals surface area (Å²) in [5.74, 6) is -5.19. The summed E-state index contributed by atoms with van der Waals surface area (Å²) in [6.07, 6.45) is 12.4. The monoisotopic (exact) mass is 1160 g/mol. The number of halogens is 4. The maximum atomic E-state index is 12.9. The van der Waals surface area contributed by atoms with E-state index >= 15 is 0 Å². The van der Waals surface area contributed by atoms with Gasteiger partial charge < -0.3 is 19.8 Å². The molecule has 0 aliphatic carbocycles. The topological polar surface area (TPSA) is 238 Å². The Bertz CT molecular complexity index is 3490. The lowest BCUT2D eigenvalue weighted by molar-refractivity contribution is -0.151. The Hall–Kier alpha value is -10.3. The van der Waals surface area contributed by atoms with Crippen LogP contribution >= 0.6 is 0 Å². The molecule has 1 aliphatic rings. The number of esters is 1. The second-order valence-electron chi connectivity index (χ2n) is 17.1.